The first-order valence-corrected chi connectivity index (χ1v) is 6.30. The number of tetrazole rings is 1. The van der Waals surface area contributed by atoms with E-state index in [2.05, 4.69) is 27.7 Å². The zero-order chi connectivity index (χ0) is 12.6. The predicted octanol–water partition coefficient (Wildman–Crippen LogP) is 1.23. The van der Waals surface area contributed by atoms with Crippen LogP contribution in [0.3, 0.4) is 0 Å². The molecule has 1 aromatic carbocycles. The van der Waals surface area contributed by atoms with E-state index in [1.807, 2.05) is 22.9 Å². The van der Waals surface area contributed by atoms with Crippen molar-refractivity contribution < 1.29 is 5.11 Å². The number of aliphatic hydroxyl groups is 1. The number of hydrogen-bond acceptors (Lipinski definition) is 4. The first-order valence-electron chi connectivity index (χ1n) is 6.30. The number of nitrogens with zero attached hydrogens (tertiary/aromatic N) is 4. The maximum absolute atomic E-state index is 8.76. The van der Waals surface area contributed by atoms with Crippen molar-refractivity contribution in [3.63, 3.8) is 0 Å². The van der Waals surface area contributed by atoms with E-state index in [1.54, 1.807) is 0 Å². The Morgan fingerprint density at radius 3 is 2.67 bits per heavy atom. The van der Waals surface area contributed by atoms with Gasteiger partial charge >= 0.3 is 0 Å². The summed E-state index contributed by atoms with van der Waals surface area (Å²) in [5.74, 6) is 0.914. The fourth-order valence-electron chi connectivity index (χ4n) is 1.85. The lowest BCUT2D eigenvalue weighted by molar-refractivity contribution is 0.279. The lowest BCUT2D eigenvalue weighted by Gasteiger charge is -2.04. The lowest BCUT2D eigenvalue weighted by Crippen LogP contribution is -2.07. The third-order valence-corrected chi connectivity index (χ3v) is 2.86. The highest BCUT2D eigenvalue weighted by Crippen LogP contribution is 2.05. The molecule has 0 unspecified atom stereocenters. The zero-order valence-corrected chi connectivity index (χ0v) is 10.4. The summed E-state index contributed by atoms with van der Waals surface area (Å²) >= 11 is 0. The molecular weight excluding hydrogens is 228 g/mol. The van der Waals surface area contributed by atoms with Crippen molar-refractivity contribution in [3.05, 3.63) is 41.7 Å². The average molecular weight is 246 g/mol. The molecule has 0 atom stereocenters. The monoisotopic (exact) mass is 246 g/mol. The Labute approximate surface area is 106 Å². The highest BCUT2D eigenvalue weighted by Gasteiger charge is 2.05. The highest BCUT2D eigenvalue weighted by atomic mass is 16.2. The van der Waals surface area contributed by atoms with Gasteiger partial charge in [0, 0.05) is 19.6 Å². The maximum atomic E-state index is 8.76. The van der Waals surface area contributed by atoms with Gasteiger partial charge in [0.1, 0.15) is 0 Å². The van der Waals surface area contributed by atoms with Gasteiger partial charge in [-0.2, -0.15) is 0 Å². The van der Waals surface area contributed by atoms with Crippen LogP contribution in [-0.4, -0.2) is 31.9 Å². The molecule has 0 aliphatic heterocycles. The van der Waals surface area contributed by atoms with E-state index in [1.165, 1.54) is 5.56 Å². The number of rotatable bonds is 7. The molecule has 0 aliphatic rings. The van der Waals surface area contributed by atoms with Crippen LogP contribution in [-0.2, 0) is 19.4 Å². The lowest BCUT2D eigenvalue weighted by atomic mass is 10.1. The van der Waals surface area contributed by atoms with E-state index in [4.69, 9.17) is 5.11 Å². The van der Waals surface area contributed by atoms with Crippen LogP contribution < -0.4 is 0 Å². The fourth-order valence-corrected chi connectivity index (χ4v) is 1.85. The second-order valence-electron chi connectivity index (χ2n) is 4.23. The van der Waals surface area contributed by atoms with Crippen molar-refractivity contribution in [3.8, 4) is 0 Å². The van der Waals surface area contributed by atoms with Crippen LogP contribution in [0.25, 0.3) is 0 Å². The summed E-state index contributed by atoms with van der Waals surface area (Å²) < 4.78 is 1.83. The molecule has 18 heavy (non-hydrogen) atoms. The molecule has 0 saturated heterocycles. The van der Waals surface area contributed by atoms with Crippen LogP contribution in [0.5, 0.6) is 0 Å². The normalized spacial score (nSPS) is 10.7. The average Bonchev–Trinajstić information content (AvgIpc) is 2.86. The minimum absolute atomic E-state index is 0.224. The molecule has 0 saturated carbocycles. The van der Waals surface area contributed by atoms with Gasteiger partial charge in [0.05, 0.1) is 0 Å². The fraction of sp³-hybridized carbons (Fsp3) is 0.462. The number of benzene rings is 1. The van der Waals surface area contributed by atoms with E-state index < -0.39 is 0 Å². The van der Waals surface area contributed by atoms with Crippen LogP contribution in [0.15, 0.2) is 30.3 Å². The molecular formula is C13H18N4O. The SMILES string of the molecule is OCCCCn1nnnc1CCc1ccccc1. The van der Waals surface area contributed by atoms with E-state index >= 15 is 0 Å². The van der Waals surface area contributed by atoms with Gasteiger partial charge in [-0.25, -0.2) is 4.68 Å². The first kappa shape index (κ1) is 12.7. The van der Waals surface area contributed by atoms with Gasteiger partial charge in [-0.3, -0.25) is 0 Å². The molecule has 0 amide bonds. The quantitative estimate of drug-likeness (QED) is 0.746. The Hall–Kier alpha value is -1.75. The first-order chi connectivity index (χ1) is 8.90. The molecule has 5 heteroatoms. The Kier molecular flexibility index (Phi) is 4.84. The molecule has 1 aromatic heterocycles. The van der Waals surface area contributed by atoms with Crippen LogP contribution >= 0.6 is 0 Å². The summed E-state index contributed by atoms with van der Waals surface area (Å²) in [6.45, 7) is 0.999. The third kappa shape index (κ3) is 3.63. The van der Waals surface area contributed by atoms with E-state index in [0.717, 1.165) is 38.1 Å². The van der Waals surface area contributed by atoms with Crippen LogP contribution in [0, 0.1) is 0 Å². The van der Waals surface area contributed by atoms with Crippen molar-refractivity contribution in [2.45, 2.75) is 32.2 Å². The molecule has 2 rings (SSSR count). The van der Waals surface area contributed by atoms with Gasteiger partial charge in [0.2, 0.25) is 0 Å². The van der Waals surface area contributed by atoms with Gasteiger partial charge in [-0.05, 0) is 35.3 Å². The van der Waals surface area contributed by atoms with Gasteiger partial charge < -0.3 is 5.11 Å². The number of aliphatic hydroxyl groups excluding tert-OH is 1. The smallest absolute Gasteiger partial charge is 0.151 e. The number of aryl methyl sites for hydroxylation is 3. The second kappa shape index (κ2) is 6.86. The molecule has 2 aromatic rings. The topological polar surface area (TPSA) is 63.8 Å². The van der Waals surface area contributed by atoms with Gasteiger partial charge in [0.15, 0.2) is 5.82 Å². The van der Waals surface area contributed by atoms with E-state index in [0.29, 0.717) is 0 Å². The molecule has 0 spiro atoms. The predicted molar refractivity (Wildman–Crippen MR) is 68.0 cm³/mol. The minimum atomic E-state index is 0.224. The van der Waals surface area contributed by atoms with Gasteiger partial charge in [0.25, 0.3) is 0 Å². The number of unbranched alkanes of at least 4 members (excludes halogenated alkanes) is 1. The Balaban J connectivity index is 1.87. The Morgan fingerprint density at radius 1 is 1.06 bits per heavy atom. The molecule has 0 bridgehead atoms. The standard InChI is InChI=1S/C13H18N4O/c18-11-5-4-10-17-13(14-15-16-17)9-8-12-6-2-1-3-7-12/h1-3,6-7,18H,4-5,8-11H2. The molecule has 0 fully saturated rings. The van der Waals surface area contributed by atoms with Crippen LogP contribution in [0.2, 0.25) is 0 Å². The van der Waals surface area contributed by atoms with Crippen molar-refractivity contribution >= 4 is 0 Å². The third-order valence-electron chi connectivity index (χ3n) is 2.86. The van der Waals surface area contributed by atoms with Crippen molar-refractivity contribution in [1.82, 2.24) is 20.2 Å². The molecule has 0 aliphatic carbocycles. The highest BCUT2D eigenvalue weighted by molar-refractivity contribution is 5.15. The van der Waals surface area contributed by atoms with E-state index in [9.17, 15) is 0 Å². The summed E-state index contributed by atoms with van der Waals surface area (Å²) in [4.78, 5) is 0. The van der Waals surface area contributed by atoms with Crippen molar-refractivity contribution in [1.29, 1.82) is 0 Å². The summed E-state index contributed by atoms with van der Waals surface area (Å²) in [5.41, 5.74) is 1.29. The minimum Gasteiger partial charge on any atom is -0.396 e. The molecule has 96 valence electrons. The van der Waals surface area contributed by atoms with Gasteiger partial charge in [-0.15, -0.1) is 5.10 Å². The molecule has 1 heterocycles. The van der Waals surface area contributed by atoms with E-state index in [-0.39, 0.29) is 6.61 Å². The van der Waals surface area contributed by atoms with Gasteiger partial charge in [-0.1, -0.05) is 30.3 Å². The second-order valence-corrected chi connectivity index (χ2v) is 4.23. The molecule has 1 N–H and O–H groups in total. The Morgan fingerprint density at radius 2 is 1.89 bits per heavy atom. The largest absolute Gasteiger partial charge is 0.396 e. The number of aromatic nitrogens is 4. The molecule has 5 nitrogen and oxygen atoms in total. The van der Waals surface area contributed by atoms with Crippen molar-refractivity contribution in [2.24, 2.45) is 0 Å². The van der Waals surface area contributed by atoms with Crippen LogP contribution in [0.1, 0.15) is 24.2 Å². The summed E-state index contributed by atoms with van der Waals surface area (Å²) in [6, 6.07) is 10.3. The van der Waals surface area contributed by atoms with Crippen molar-refractivity contribution in [2.75, 3.05) is 6.61 Å². The summed E-state index contributed by atoms with van der Waals surface area (Å²) in [6.07, 6.45) is 3.48. The number of hydrogen-bond donors (Lipinski definition) is 1. The van der Waals surface area contributed by atoms with Crippen LogP contribution in [0.4, 0.5) is 0 Å². The Bertz CT molecular complexity index is 455. The molecule has 0 radical (unpaired) electrons. The summed E-state index contributed by atoms with van der Waals surface area (Å²) in [5, 5.41) is 20.5. The summed E-state index contributed by atoms with van der Waals surface area (Å²) in [7, 11) is 0. The zero-order valence-electron chi connectivity index (χ0n) is 10.4. The maximum Gasteiger partial charge on any atom is 0.151 e.